The van der Waals surface area contributed by atoms with Crippen LogP contribution >= 0.6 is 0 Å². The lowest BCUT2D eigenvalue weighted by molar-refractivity contribution is -0.136. The van der Waals surface area contributed by atoms with Gasteiger partial charge in [-0.25, -0.2) is 0 Å². The summed E-state index contributed by atoms with van der Waals surface area (Å²) in [7, 11) is 0. The van der Waals surface area contributed by atoms with Crippen LogP contribution in [0.15, 0.2) is 24.3 Å². The number of nitrogens with two attached hydrogens (primary N) is 1. The summed E-state index contributed by atoms with van der Waals surface area (Å²) in [5.41, 5.74) is 5.34. The van der Waals surface area contributed by atoms with Crippen LogP contribution in [0.3, 0.4) is 0 Å². The fourth-order valence-electron chi connectivity index (χ4n) is 2.38. The van der Waals surface area contributed by atoms with Crippen molar-refractivity contribution in [1.82, 2.24) is 10.2 Å². The van der Waals surface area contributed by atoms with Crippen LogP contribution in [0.2, 0.25) is 0 Å². The number of nitrogens with one attached hydrogen (secondary N) is 1. The molecule has 7 nitrogen and oxygen atoms in total. The molecule has 0 bridgehead atoms. The highest BCUT2D eigenvalue weighted by Gasteiger charge is 2.32. The van der Waals surface area contributed by atoms with E-state index < -0.39 is 17.9 Å². The maximum absolute atomic E-state index is 12.0. The Morgan fingerprint density at radius 3 is 2.71 bits per heavy atom. The largest absolute Gasteiger partial charge is 0.507 e. The minimum absolute atomic E-state index is 0.0955. The van der Waals surface area contributed by atoms with Crippen LogP contribution in [-0.2, 0) is 9.59 Å². The van der Waals surface area contributed by atoms with Gasteiger partial charge in [0.1, 0.15) is 11.8 Å². The Morgan fingerprint density at radius 2 is 2.05 bits per heavy atom. The van der Waals surface area contributed by atoms with Crippen molar-refractivity contribution in [2.24, 2.45) is 5.73 Å². The summed E-state index contributed by atoms with van der Waals surface area (Å²) in [6, 6.07) is 5.45. The Balaban J connectivity index is 1.94. The van der Waals surface area contributed by atoms with Gasteiger partial charge in [0, 0.05) is 6.54 Å². The molecule has 1 heterocycles. The summed E-state index contributed by atoms with van der Waals surface area (Å²) in [5.74, 6) is -1.59. The summed E-state index contributed by atoms with van der Waals surface area (Å²) < 4.78 is 0. The van der Waals surface area contributed by atoms with Crippen LogP contribution < -0.4 is 11.1 Å². The number of hydrogen-bond acceptors (Lipinski definition) is 4. The number of carbonyl (C=O) groups excluding carboxylic acids is 3. The summed E-state index contributed by atoms with van der Waals surface area (Å²) in [6.07, 6.45) is 1.27. The third kappa shape index (κ3) is 3.31. The first-order valence-electron chi connectivity index (χ1n) is 6.65. The average Bonchev–Trinajstić information content (AvgIpc) is 2.94. The Hall–Kier alpha value is -2.57. The zero-order valence-electron chi connectivity index (χ0n) is 11.4. The SMILES string of the molecule is NC(=O)[C@@H]1CCCN1C(=O)CNC(=O)c1ccccc1O. The van der Waals surface area contributed by atoms with Crippen molar-refractivity contribution in [3.05, 3.63) is 29.8 Å². The number of hydrogen-bond donors (Lipinski definition) is 3. The number of rotatable bonds is 4. The molecule has 0 radical (unpaired) electrons. The molecule has 112 valence electrons. The van der Waals surface area contributed by atoms with E-state index in [4.69, 9.17) is 5.73 Å². The molecule has 0 unspecified atom stereocenters. The molecular formula is C14H17N3O4. The molecule has 7 heteroatoms. The molecule has 3 amide bonds. The summed E-state index contributed by atoms with van der Waals surface area (Å²) >= 11 is 0. The number of phenolic OH excluding ortho intramolecular Hbond substituents is 1. The van der Waals surface area contributed by atoms with Gasteiger partial charge >= 0.3 is 0 Å². The average molecular weight is 291 g/mol. The molecule has 2 rings (SSSR count). The lowest BCUT2D eigenvalue weighted by Gasteiger charge is -2.22. The Bertz CT molecular complexity index is 573. The Labute approximate surface area is 121 Å². The van der Waals surface area contributed by atoms with E-state index >= 15 is 0 Å². The molecule has 1 aromatic carbocycles. The molecule has 0 aromatic heterocycles. The molecule has 0 saturated carbocycles. The van der Waals surface area contributed by atoms with Gasteiger partial charge in [0.15, 0.2) is 0 Å². The monoisotopic (exact) mass is 291 g/mol. The first kappa shape index (κ1) is 14.8. The molecule has 1 fully saturated rings. The molecule has 4 N–H and O–H groups in total. The first-order valence-corrected chi connectivity index (χ1v) is 6.65. The van der Waals surface area contributed by atoms with E-state index in [1.807, 2.05) is 0 Å². The van der Waals surface area contributed by atoms with Crippen LogP contribution in [0.5, 0.6) is 5.75 Å². The van der Waals surface area contributed by atoms with Crippen molar-refractivity contribution >= 4 is 17.7 Å². The summed E-state index contributed by atoms with van der Waals surface area (Å²) in [4.78, 5) is 36.5. The van der Waals surface area contributed by atoms with E-state index in [-0.39, 0.29) is 23.8 Å². The van der Waals surface area contributed by atoms with E-state index in [1.165, 1.54) is 17.0 Å². The Morgan fingerprint density at radius 1 is 1.33 bits per heavy atom. The van der Waals surface area contributed by atoms with Gasteiger partial charge in [-0.05, 0) is 25.0 Å². The van der Waals surface area contributed by atoms with Crippen LogP contribution in [0, 0.1) is 0 Å². The molecule has 0 spiro atoms. The van der Waals surface area contributed by atoms with Gasteiger partial charge < -0.3 is 21.1 Å². The van der Waals surface area contributed by atoms with Crippen LogP contribution in [0.25, 0.3) is 0 Å². The number of nitrogens with zero attached hydrogens (tertiary/aromatic N) is 1. The van der Waals surface area contributed by atoms with Gasteiger partial charge in [0.05, 0.1) is 12.1 Å². The fraction of sp³-hybridized carbons (Fsp3) is 0.357. The summed E-state index contributed by atoms with van der Waals surface area (Å²) in [5, 5.41) is 12.0. The number of amides is 3. The second-order valence-corrected chi connectivity index (χ2v) is 4.85. The third-order valence-corrected chi connectivity index (χ3v) is 3.45. The number of phenols is 1. The van der Waals surface area contributed by atoms with Crippen molar-refractivity contribution < 1.29 is 19.5 Å². The van der Waals surface area contributed by atoms with E-state index in [9.17, 15) is 19.5 Å². The smallest absolute Gasteiger partial charge is 0.255 e. The first-order chi connectivity index (χ1) is 10.0. The fourth-order valence-corrected chi connectivity index (χ4v) is 2.38. The molecule has 0 aliphatic carbocycles. The van der Waals surface area contributed by atoms with Gasteiger partial charge in [-0.1, -0.05) is 12.1 Å². The van der Waals surface area contributed by atoms with E-state index in [2.05, 4.69) is 5.32 Å². The quantitative estimate of drug-likeness (QED) is 0.700. The maximum Gasteiger partial charge on any atom is 0.255 e. The molecule has 21 heavy (non-hydrogen) atoms. The van der Waals surface area contributed by atoms with E-state index in [0.717, 1.165) is 0 Å². The third-order valence-electron chi connectivity index (χ3n) is 3.45. The second-order valence-electron chi connectivity index (χ2n) is 4.85. The van der Waals surface area contributed by atoms with Crippen molar-refractivity contribution in [2.75, 3.05) is 13.1 Å². The summed E-state index contributed by atoms with van der Waals surface area (Å²) in [6.45, 7) is 0.218. The molecule has 1 aromatic rings. The van der Waals surface area contributed by atoms with Crippen molar-refractivity contribution in [2.45, 2.75) is 18.9 Å². The van der Waals surface area contributed by atoms with Gasteiger partial charge in [0.2, 0.25) is 11.8 Å². The normalized spacial score (nSPS) is 17.5. The number of benzene rings is 1. The highest BCUT2D eigenvalue weighted by molar-refractivity contribution is 5.99. The Kier molecular flexibility index (Phi) is 4.42. The van der Waals surface area contributed by atoms with Gasteiger partial charge in [-0.2, -0.15) is 0 Å². The van der Waals surface area contributed by atoms with Crippen LogP contribution in [0.4, 0.5) is 0 Å². The second kappa shape index (κ2) is 6.25. The molecule has 1 aliphatic heterocycles. The number of aromatic hydroxyl groups is 1. The number of primary amides is 1. The minimum atomic E-state index is -0.598. The van der Waals surface area contributed by atoms with Gasteiger partial charge in [-0.3, -0.25) is 14.4 Å². The van der Waals surface area contributed by atoms with Crippen LogP contribution in [-0.4, -0.2) is 46.9 Å². The molecule has 1 saturated heterocycles. The zero-order valence-corrected chi connectivity index (χ0v) is 11.4. The molecule has 1 aliphatic rings. The van der Waals surface area contributed by atoms with Gasteiger partial charge in [0.25, 0.3) is 5.91 Å². The standard InChI is InChI=1S/C14H17N3O4/c15-13(20)10-5-3-7-17(10)12(19)8-16-14(21)9-4-1-2-6-11(9)18/h1-2,4,6,10,18H,3,5,7-8H2,(H2,15,20)(H,16,21)/t10-/m0/s1. The van der Waals surface area contributed by atoms with Crippen molar-refractivity contribution in [3.63, 3.8) is 0 Å². The highest BCUT2D eigenvalue weighted by atomic mass is 16.3. The van der Waals surface area contributed by atoms with Gasteiger partial charge in [-0.15, -0.1) is 0 Å². The molecular weight excluding hydrogens is 274 g/mol. The maximum atomic E-state index is 12.0. The topological polar surface area (TPSA) is 113 Å². The van der Waals surface area contributed by atoms with Crippen molar-refractivity contribution in [3.8, 4) is 5.75 Å². The highest BCUT2D eigenvalue weighted by Crippen LogP contribution is 2.17. The predicted molar refractivity (Wildman–Crippen MR) is 74.4 cm³/mol. The number of para-hydroxylation sites is 1. The number of likely N-dealkylation sites (tertiary alicyclic amines) is 1. The minimum Gasteiger partial charge on any atom is -0.507 e. The predicted octanol–water partition coefficient (Wildman–Crippen LogP) is -0.402. The lowest BCUT2D eigenvalue weighted by atomic mass is 10.2. The lowest BCUT2D eigenvalue weighted by Crippen LogP contribution is -2.47. The number of carbonyl (C=O) groups is 3. The van der Waals surface area contributed by atoms with Crippen molar-refractivity contribution in [1.29, 1.82) is 0 Å². The zero-order chi connectivity index (χ0) is 15.4. The van der Waals surface area contributed by atoms with E-state index in [1.54, 1.807) is 12.1 Å². The van der Waals surface area contributed by atoms with Crippen LogP contribution in [0.1, 0.15) is 23.2 Å². The van der Waals surface area contributed by atoms with E-state index in [0.29, 0.717) is 19.4 Å². The molecule has 1 atom stereocenters.